The van der Waals surface area contributed by atoms with E-state index in [4.69, 9.17) is 0 Å². The third kappa shape index (κ3) is 5.01. The molecule has 0 saturated heterocycles. The summed E-state index contributed by atoms with van der Waals surface area (Å²) in [7, 11) is -3.47. The molecular formula is C18H20N4O3S2. The Bertz CT molecular complexity index is 1010. The van der Waals surface area contributed by atoms with Crippen LogP contribution in [0.2, 0.25) is 0 Å². The number of rotatable bonds is 7. The highest BCUT2D eigenvalue weighted by atomic mass is 32.2. The Morgan fingerprint density at radius 2 is 2.04 bits per heavy atom. The van der Waals surface area contributed by atoms with Crippen molar-refractivity contribution in [3.8, 4) is 0 Å². The molecule has 3 rings (SSSR count). The SMILES string of the molecule is Cc1ccc(S(=O)(=O)Cc2csc(NC(=O)C[C@H](C)n3cccn3)n2)cc1. The minimum absolute atomic E-state index is 0.0821. The zero-order valence-electron chi connectivity index (χ0n) is 15.0. The number of sulfone groups is 1. The Kier molecular flexibility index (Phi) is 5.71. The molecule has 7 nitrogen and oxygen atoms in total. The number of thiazole rings is 1. The second kappa shape index (κ2) is 8.01. The minimum atomic E-state index is -3.47. The van der Waals surface area contributed by atoms with Crippen LogP contribution in [0.25, 0.3) is 0 Å². The molecule has 0 saturated carbocycles. The van der Waals surface area contributed by atoms with E-state index in [-0.39, 0.29) is 29.0 Å². The van der Waals surface area contributed by atoms with Crippen molar-refractivity contribution in [3.63, 3.8) is 0 Å². The fourth-order valence-electron chi connectivity index (χ4n) is 2.53. The normalized spacial score (nSPS) is 12.7. The van der Waals surface area contributed by atoms with Gasteiger partial charge in [0.25, 0.3) is 0 Å². The Morgan fingerprint density at radius 1 is 1.30 bits per heavy atom. The lowest BCUT2D eigenvalue weighted by molar-refractivity contribution is -0.116. The first-order valence-electron chi connectivity index (χ1n) is 8.36. The maximum absolute atomic E-state index is 12.5. The van der Waals surface area contributed by atoms with E-state index in [0.29, 0.717) is 10.8 Å². The first-order chi connectivity index (χ1) is 12.8. The molecule has 0 aliphatic carbocycles. The molecule has 1 N–H and O–H groups in total. The maximum atomic E-state index is 12.5. The van der Waals surface area contributed by atoms with Gasteiger partial charge in [-0.15, -0.1) is 11.3 Å². The van der Waals surface area contributed by atoms with Crippen LogP contribution in [0.1, 0.15) is 30.6 Å². The monoisotopic (exact) mass is 404 g/mol. The van der Waals surface area contributed by atoms with Crippen LogP contribution in [0, 0.1) is 6.92 Å². The van der Waals surface area contributed by atoms with Gasteiger partial charge in [0.2, 0.25) is 5.91 Å². The Balaban J connectivity index is 1.61. The third-order valence-electron chi connectivity index (χ3n) is 3.97. The Labute approximate surface area is 162 Å². The fourth-order valence-corrected chi connectivity index (χ4v) is 4.61. The second-order valence-corrected chi connectivity index (χ2v) is 9.15. The highest BCUT2D eigenvalue weighted by Gasteiger charge is 2.18. The molecule has 2 aromatic heterocycles. The average molecular weight is 405 g/mol. The topological polar surface area (TPSA) is 94.0 Å². The van der Waals surface area contributed by atoms with Crippen molar-refractivity contribution in [2.75, 3.05) is 5.32 Å². The smallest absolute Gasteiger partial charge is 0.228 e. The van der Waals surface area contributed by atoms with Crippen LogP contribution in [0.15, 0.2) is 53.0 Å². The molecule has 1 amide bonds. The van der Waals surface area contributed by atoms with Crippen molar-refractivity contribution < 1.29 is 13.2 Å². The van der Waals surface area contributed by atoms with E-state index in [0.717, 1.165) is 5.56 Å². The molecule has 3 aromatic rings. The third-order valence-corrected chi connectivity index (χ3v) is 6.45. The molecule has 0 aliphatic heterocycles. The number of nitrogens with zero attached hydrogens (tertiary/aromatic N) is 3. The van der Waals surface area contributed by atoms with Crippen molar-refractivity contribution >= 4 is 32.2 Å². The van der Waals surface area contributed by atoms with E-state index < -0.39 is 9.84 Å². The quantitative estimate of drug-likeness (QED) is 0.652. The van der Waals surface area contributed by atoms with Gasteiger partial charge in [0, 0.05) is 24.2 Å². The molecule has 0 radical (unpaired) electrons. The summed E-state index contributed by atoms with van der Waals surface area (Å²) in [4.78, 5) is 16.7. The van der Waals surface area contributed by atoms with Gasteiger partial charge < -0.3 is 5.32 Å². The van der Waals surface area contributed by atoms with Gasteiger partial charge in [-0.2, -0.15) is 5.10 Å². The molecule has 27 heavy (non-hydrogen) atoms. The molecule has 2 heterocycles. The lowest BCUT2D eigenvalue weighted by Crippen LogP contribution is -2.17. The van der Waals surface area contributed by atoms with Crippen molar-refractivity contribution in [2.45, 2.75) is 37.0 Å². The number of anilines is 1. The first-order valence-corrected chi connectivity index (χ1v) is 10.9. The van der Waals surface area contributed by atoms with Crippen LogP contribution < -0.4 is 5.32 Å². The summed E-state index contributed by atoms with van der Waals surface area (Å²) in [6, 6.07) is 8.44. The van der Waals surface area contributed by atoms with Gasteiger partial charge in [0.1, 0.15) is 0 Å². The number of hydrogen-bond donors (Lipinski definition) is 1. The molecule has 0 fully saturated rings. The second-order valence-electron chi connectivity index (χ2n) is 6.30. The summed E-state index contributed by atoms with van der Waals surface area (Å²) in [5, 5.41) is 8.87. The van der Waals surface area contributed by atoms with Gasteiger partial charge in [-0.3, -0.25) is 9.48 Å². The van der Waals surface area contributed by atoms with Crippen LogP contribution in [-0.2, 0) is 20.4 Å². The highest BCUT2D eigenvalue weighted by Crippen LogP contribution is 2.22. The zero-order valence-corrected chi connectivity index (χ0v) is 16.6. The summed E-state index contributed by atoms with van der Waals surface area (Å²) >= 11 is 1.21. The maximum Gasteiger partial charge on any atom is 0.228 e. The molecule has 1 aromatic carbocycles. The van der Waals surface area contributed by atoms with E-state index >= 15 is 0 Å². The number of aryl methyl sites for hydroxylation is 1. The standard InChI is InChI=1S/C18H20N4O3S2/c1-13-4-6-16(7-5-13)27(24,25)12-15-11-26-18(20-15)21-17(23)10-14(2)22-9-3-8-19-22/h3-9,11,14H,10,12H2,1-2H3,(H,20,21,23)/t14-/m0/s1. The van der Waals surface area contributed by atoms with E-state index in [9.17, 15) is 13.2 Å². The van der Waals surface area contributed by atoms with Crippen molar-refractivity contribution in [3.05, 3.63) is 59.4 Å². The van der Waals surface area contributed by atoms with Crippen LogP contribution in [0.4, 0.5) is 5.13 Å². The van der Waals surface area contributed by atoms with Crippen molar-refractivity contribution in [1.82, 2.24) is 14.8 Å². The fraction of sp³-hybridized carbons (Fsp3) is 0.278. The van der Waals surface area contributed by atoms with Crippen molar-refractivity contribution in [1.29, 1.82) is 0 Å². The van der Waals surface area contributed by atoms with Gasteiger partial charge in [-0.25, -0.2) is 13.4 Å². The number of nitrogens with one attached hydrogen (secondary N) is 1. The number of hydrogen-bond acceptors (Lipinski definition) is 6. The summed E-state index contributed by atoms with van der Waals surface area (Å²) in [5.41, 5.74) is 1.41. The van der Waals surface area contributed by atoms with Crippen LogP contribution in [-0.4, -0.2) is 29.1 Å². The highest BCUT2D eigenvalue weighted by molar-refractivity contribution is 7.90. The molecule has 0 aliphatic rings. The number of benzene rings is 1. The number of carbonyl (C=O) groups excluding carboxylic acids is 1. The molecule has 1 atom stereocenters. The van der Waals surface area contributed by atoms with E-state index in [2.05, 4.69) is 15.4 Å². The van der Waals surface area contributed by atoms with Gasteiger partial charge in [-0.05, 0) is 32.0 Å². The van der Waals surface area contributed by atoms with Crippen molar-refractivity contribution in [2.24, 2.45) is 0 Å². The molecule has 0 bridgehead atoms. The number of aromatic nitrogens is 3. The number of carbonyl (C=O) groups is 1. The molecule has 0 unspecified atom stereocenters. The molecule has 9 heteroatoms. The van der Waals surface area contributed by atoms with Gasteiger partial charge in [-0.1, -0.05) is 17.7 Å². The Morgan fingerprint density at radius 3 is 2.70 bits per heavy atom. The zero-order chi connectivity index (χ0) is 19.4. The van der Waals surface area contributed by atoms with Crippen LogP contribution >= 0.6 is 11.3 Å². The van der Waals surface area contributed by atoms with E-state index in [1.165, 1.54) is 11.3 Å². The molecule has 142 valence electrons. The van der Waals surface area contributed by atoms with Gasteiger partial charge in [0.15, 0.2) is 15.0 Å². The number of amides is 1. The predicted octanol–water partition coefficient (Wildman–Crippen LogP) is 3.21. The molecular weight excluding hydrogens is 384 g/mol. The predicted molar refractivity (Wildman–Crippen MR) is 104 cm³/mol. The van der Waals surface area contributed by atoms with Crippen LogP contribution in [0.5, 0.6) is 0 Å². The summed E-state index contributed by atoms with van der Waals surface area (Å²) in [6.45, 7) is 3.80. The molecule has 0 spiro atoms. The lowest BCUT2D eigenvalue weighted by Gasteiger charge is -2.11. The Hall–Kier alpha value is -2.52. The van der Waals surface area contributed by atoms with Gasteiger partial charge in [0.05, 0.1) is 22.4 Å². The minimum Gasteiger partial charge on any atom is -0.302 e. The first kappa shape index (κ1) is 19.2. The van der Waals surface area contributed by atoms with E-state index in [1.54, 1.807) is 52.8 Å². The lowest BCUT2D eigenvalue weighted by atomic mass is 10.2. The van der Waals surface area contributed by atoms with E-state index in [1.807, 2.05) is 13.8 Å². The summed E-state index contributed by atoms with van der Waals surface area (Å²) < 4.78 is 26.7. The summed E-state index contributed by atoms with van der Waals surface area (Å²) in [6.07, 6.45) is 3.71. The largest absolute Gasteiger partial charge is 0.302 e. The summed E-state index contributed by atoms with van der Waals surface area (Å²) in [5.74, 6) is -0.396. The van der Waals surface area contributed by atoms with Gasteiger partial charge >= 0.3 is 0 Å². The van der Waals surface area contributed by atoms with Crippen LogP contribution in [0.3, 0.4) is 0 Å². The average Bonchev–Trinajstić information content (AvgIpc) is 3.27.